The summed E-state index contributed by atoms with van der Waals surface area (Å²) < 4.78 is 2.02. The van der Waals surface area contributed by atoms with Crippen LogP contribution in [0.25, 0.3) is 21.8 Å². The predicted molar refractivity (Wildman–Crippen MR) is 109 cm³/mol. The Hall–Kier alpha value is -3.01. The first-order chi connectivity index (χ1) is 13.2. The van der Waals surface area contributed by atoms with Gasteiger partial charge in [0, 0.05) is 48.2 Å². The lowest BCUT2D eigenvalue weighted by Crippen LogP contribution is -2.38. The molecule has 0 saturated carbocycles. The molecule has 1 fully saturated rings. The fraction of sp³-hybridized carbons (Fsp3) is 0.261. The number of benzene rings is 2. The van der Waals surface area contributed by atoms with Crippen LogP contribution in [0.2, 0.25) is 0 Å². The third kappa shape index (κ3) is 2.72. The van der Waals surface area contributed by atoms with Crippen molar-refractivity contribution in [2.45, 2.75) is 18.8 Å². The molecule has 0 spiro atoms. The van der Waals surface area contributed by atoms with Crippen molar-refractivity contribution in [3.8, 4) is 0 Å². The molecule has 4 aromatic rings. The highest BCUT2D eigenvalue weighted by Gasteiger charge is 2.27. The average molecular weight is 357 g/mol. The highest BCUT2D eigenvalue weighted by atomic mass is 16.2. The van der Waals surface area contributed by atoms with E-state index in [9.17, 15) is 4.79 Å². The van der Waals surface area contributed by atoms with Crippen LogP contribution in [0.1, 0.15) is 34.9 Å². The standard InChI is InChI=1S/C23H23N3O/c1-25-21-9-5-3-7-18(21)15-22(25)23(27)26-12-10-16(11-13-26)20-14-17-6-2-4-8-19(17)24-20/h2-9,14-16,24H,10-13H2,1H3. The number of fused-ring (bicyclic) bond motifs is 2. The van der Waals surface area contributed by atoms with Gasteiger partial charge in [0.1, 0.15) is 5.69 Å². The van der Waals surface area contributed by atoms with E-state index in [2.05, 4.69) is 47.4 Å². The van der Waals surface area contributed by atoms with E-state index in [0.717, 1.165) is 42.5 Å². The number of amides is 1. The number of nitrogens with zero attached hydrogens (tertiary/aromatic N) is 2. The third-order valence-corrected chi connectivity index (χ3v) is 5.94. The maximum Gasteiger partial charge on any atom is 0.270 e. The first kappa shape index (κ1) is 16.2. The minimum absolute atomic E-state index is 0.142. The van der Waals surface area contributed by atoms with Crippen molar-refractivity contribution < 1.29 is 4.79 Å². The van der Waals surface area contributed by atoms with Crippen LogP contribution in [0.3, 0.4) is 0 Å². The molecule has 2 aromatic heterocycles. The molecule has 3 heterocycles. The molecule has 4 heteroatoms. The maximum atomic E-state index is 13.1. The van der Waals surface area contributed by atoms with E-state index in [-0.39, 0.29) is 5.91 Å². The number of hydrogen-bond donors (Lipinski definition) is 1. The summed E-state index contributed by atoms with van der Waals surface area (Å²) in [5, 5.41) is 2.39. The monoisotopic (exact) mass is 357 g/mol. The van der Waals surface area contributed by atoms with Crippen molar-refractivity contribution in [3.63, 3.8) is 0 Å². The van der Waals surface area contributed by atoms with E-state index in [1.54, 1.807) is 0 Å². The second-order valence-electron chi connectivity index (χ2n) is 7.53. The number of likely N-dealkylation sites (tertiary alicyclic amines) is 1. The molecule has 27 heavy (non-hydrogen) atoms. The molecule has 2 aromatic carbocycles. The van der Waals surface area contributed by atoms with Gasteiger partial charge in [0.2, 0.25) is 0 Å². The van der Waals surface area contributed by atoms with Gasteiger partial charge in [-0.05, 0) is 42.5 Å². The van der Waals surface area contributed by atoms with E-state index >= 15 is 0 Å². The van der Waals surface area contributed by atoms with Crippen LogP contribution in [0.15, 0.2) is 60.7 Å². The first-order valence-corrected chi connectivity index (χ1v) is 9.62. The molecule has 136 valence electrons. The average Bonchev–Trinajstić information content (AvgIpc) is 3.29. The lowest BCUT2D eigenvalue weighted by molar-refractivity contribution is 0.0703. The number of piperidine rings is 1. The van der Waals surface area contributed by atoms with Gasteiger partial charge >= 0.3 is 0 Å². The number of carbonyl (C=O) groups is 1. The Morgan fingerprint density at radius 3 is 2.41 bits per heavy atom. The number of aromatic amines is 1. The number of carbonyl (C=O) groups excluding carboxylic acids is 1. The maximum absolute atomic E-state index is 13.1. The van der Waals surface area contributed by atoms with Crippen LogP contribution < -0.4 is 0 Å². The predicted octanol–water partition coefficient (Wildman–Crippen LogP) is 4.68. The highest BCUT2D eigenvalue weighted by molar-refractivity contribution is 5.98. The molecule has 0 aliphatic carbocycles. The van der Waals surface area contributed by atoms with E-state index < -0.39 is 0 Å². The number of rotatable bonds is 2. The van der Waals surface area contributed by atoms with Gasteiger partial charge in [-0.25, -0.2) is 0 Å². The van der Waals surface area contributed by atoms with Crippen LogP contribution in [0.4, 0.5) is 0 Å². The van der Waals surface area contributed by atoms with Gasteiger partial charge in [-0.2, -0.15) is 0 Å². The van der Waals surface area contributed by atoms with Crippen LogP contribution in [-0.2, 0) is 7.05 Å². The number of para-hydroxylation sites is 2. The molecular weight excluding hydrogens is 334 g/mol. The van der Waals surface area contributed by atoms with Gasteiger partial charge in [0.05, 0.1) is 0 Å². The molecule has 0 atom stereocenters. The molecule has 0 radical (unpaired) electrons. The minimum atomic E-state index is 0.142. The number of aromatic nitrogens is 2. The molecule has 1 saturated heterocycles. The number of H-pyrrole nitrogens is 1. The summed E-state index contributed by atoms with van der Waals surface area (Å²) in [6.07, 6.45) is 2.00. The summed E-state index contributed by atoms with van der Waals surface area (Å²) in [6.45, 7) is 1.61. The van der Waals surface area contributed by atoms with Crippen molar-refractivity contribution in [1.82, 2.24) is 14.5 Å². The number of nitrogens with one attached hydrogen (secondary N) is 1. The topological polar surface area (TPSA) is 41.0 Å². The van der Waals surface area contributed by atoms with Crippen molar-refractivity contribution in [1.29, 1.82) is 0 Å². The fourth-order valence-corrected chi connectivity index (χ4v) is 4.37. The summed E-state index contributed by atoms with van der Waals surface area (Å²) in [6, 6.07) is 20.8. The van der Waals surface area contributed by atoms with Crippen LogP contribution in [-0.4, -0.2) is 33.4 Å². The zero-order chi connectivity index (χ0) is 18.4. The number of aryl methyl sites for hydroxylation is 1. The zero-order valence-corrected chi connectivity index (χ0v) is 15.5. The summed E-state index contributed by atoms with van der Waals surface area (Å²) >= 11 is 0. The molecule has 0 bridgehead atoms. The lowest BCUT2D eigenvalue weighted by Gasteiger charge is -2.31. The largest absolute Gasteiger partial charge is 0.358 e. The smallest absolute Gasteiger partial charge is 0.270 e. The summed E-state index contributed by atoms with van der Waals surface area (Å²) in [5.74, 6) is 0.637. The Morgan fingerprint density at radius 1 is 0.963 bits per heavy atom. The molecule has 0 unspecified atom stereocenters. The van der Waals surface area contributed by atoms with E-state index in [1.165, 1.54) is 16.6 Å². The van der Waals surface area contributed by atoms with Crippen molar-refractivity contribution in [2.75, 3.05) is 13.1 Å². The third-order valence-electron chi connectivity index (χ3n) is 5.94. The molecule has 4 nitrogen and oxygen atoms in total. The van der Waals surface area contributed by atoms with E-state index in [4.69, 9.17) is 0 Å². The molecule has 1 amide bonds. The lowest BCUT2D eigenvalue weighted by atomic mass is 9.93. The molecule has 1 aliphatic rings. The van der Waals surface area contributed by atoms with Crippen molar-refractivity contribution >= 4 is 27.7 Å². The number of hydrogen-bond acceptors (Lipinski definition) is 1. The van der Waals surface area contributed by atoms with Gasteiger partial charge in [-0.15, -0.1) is 0 Å². The van der Waals surface area contributed by atoms with Crippen LogP contribution >= 0.6 is 0 Å². The molecular formula is C23H23N3O. The second kappa shape index (κ2) is 6.31. The van der Waals surface area contributed by atoms with E-state index in [1.807, 2.05) is 34.7 Å². The Labute approximate surface area is 158 Å². The Balaban J connectivity index is 1.33. The van der Waals surface area contributed by atoms with Gasteiger partial charge in [0.15, 0.2) is 0 Å². The minimum Gasteiger partial charge on any atom is -0.358 e. The van der Waals surface area contributed by atoms with Gasteiger partial charge in [-0.1, -0.05) is 36.4 Å². The van der Waals surface area contributed by atoms with Gasteiger partial charge in [-0.3, -0.25) is 4.79 Å². The highest BCUT2D eigenvalue weighted by Crippen LogP contribution is 2.31. The van der Waals surface area contributed by atoms with Gasteiger partial charge in [0.25, 0.3) is 5.91 Å². The summed E-state index contributed by atoms with van der Waals surface area (Å²) in [7, 11) is 1.98. The normalized spacial score (nSPS) is 15.7. The Morgan fingerprint density at radius 2 is 1.67 bits per heavy atom. The SMILES string of the molecule is Cn1c(C(=O)N2CCC(c3cc4ccccc4[nH]3)CC2)cc2ccccc21. The van der Waals surface area contributed by atoms with Crippen LogP contribution in [0.5, 0.6) is 0 Å². The second-order valence-corrected chi connectivity index (χ2v) is 7.53. The summed E-state index contributed by atoms with van der Waals surface area (Å²) in [5.41, 5.74) is 4.38. The fourth-order valence-electron chi connectivity index (χ4n) is 4.37. The zero-order valence-electron chi connectivity index (χ0n) is 15.5. The molecule has 5 rings (SSSR count). The Bertz CT molecular complexity index is 1100. The quantitative estimate of drug-likeness (QED) is 0.556. The van der Waals surface area contributed by atoms with Gasteiger partial charge < -0.3 is 14.5 Å². The summed E-state index contributed by atoms with van der Waals surface area (Å²) in [4.78, 5) is 18.6. The first-order valence-electron chi connectivity index (χ1n) is 9.62. The van der Waals surface area contributed by atoms with Crippen molar-refractivity contribution in [2.24, 2.45) is 7.05 Å². The van der Waals surface area contributed by atoms with E-state index in [0.29, 0.717) is 5.92 Å². The molecule has 1 N–H and O–H groups in total. The Kier molecular flexibility index (Phi) is 3.78. The van der Waals surface area contributed by atoms with Crippen LogP contribution in [0, 0.1) is 0 Å². The molecule has 1 aliphatic heterocycles. The van der Waals surface area contributed by atoms with Crippen molar-refractivity contribution in [3.05, 3.63) is 72.1 Å².